The standard InChI is InChI=1S/C21H18Cl3N5O/c22-14-2-1-3-16(12-14)25-21(30)29-10-8-28(9-11-29)20-7-6-19(26-27-20)17-5-4-15(23)13-18(17)24/h1-7,12-13H,8-11H2,(H,25,30). The summed E-state index contributed by atoms with van der Waals surface area (Å²) in [6.45, 7) is 2.50. The highest BCUT2D eigenvalue weighted by Crippen LogP contribution is 2.29. The van der Waals surface area contributed by atoms with Gasteiger partial charge >= 0.3 is 6.03 Å². The second kappa shape index (κ2) is 9.08. The third-order valence-corrected chi connectivity index (χ3v) is 5.61. The van der Waals surface area contributed by atoms with Crippen LogP contribution in [0.2, 0.25) is 15.1 Å². The zero-order valence-corrected chi connectivity index (χ0v) is 18.1. The first-order valence-corrected chi connectivity index (χ1v) is 10.5. The van der Waals surface area contributed by atoms with Crippen molar-refractivity contribution < 1.29 is 4.79 Å². The molecule has 1 N–H and O–H groups in total. The molecule has 0 unspecified atom stereocenters. The maximum Gasteiger partial charge on any atom is 0.321 e. The fourth-order valence-corrected chi connectivity index (χ4v) is 3.94. The van der Waals surface area contributed by atoms with Gasteiger partial charge in [-0.05, 0) is 48.5 Å². The summed E-state index contributed by atoms with van der Waals surface area (Å²) < 4.78 is 0. The van der Waals surface area contributed by atoms with Crippen molar-refractivity contribution >= 4 is 52.3 Å². The third-order valence-electron chi connectivity index (χ3n) is 4.82. The van der Waals surface area contributed by atoms with E-state index in [1.165, 1.54) is 0 Å². The summed E-state index contributed by atoms with van der Waals surface area (Å²) in [5.41, 5.74) is 2.14. The summed E-state index contributed by atoms with van der Waals surface area (Å²) in [6.07, 6.45) is 0. The van der Waals surface area contributed by atoms with Crippen LogP contribution in [0.15, 0.2) is 54.6 Å². The van der Waals surface area contributed by atoms with Crippen LogP contribution in [-0.4, -0.2) is 47.3 Å². The van der Waals surface area contributed by atoms with Crippen molar-refractivity contribution in [3.63, 3.8) is 0 Å². The summed E-state index contributed by atoms with van der Waals surface area (Å²) in [5.74, 6) is 0.763. The average molecular weight is 463 g/mol. The second-order valence-electron chi connectivity index (χ2n) is 6.82. The first-order chi connectivity index (χ1) is 14.5. The van der Waals surface area contributed by atoms with Crippen molar-refractivity contribution in [3.8, 4) is 11.3 Å². The Balaban J connectivity index is 1.36. The van der Waals surface area contributed by atoms with E-state index in [1.807, 2.05) is 24.3 Å². The second-order valence-corrected chi connectivity index (χ2v) is 8.10. The number of hydrogen-bond donors (Lipinski definition) is 1. The minimum Gasteiger partial charge on any atom is -0.352 e. The number of halogens is 3. The van der Waals surface area contributed by atoms with Gasteiger partial charge < -0.3 is 15.1 Å². The van der Waals surface area contributed by atoms with Gasteiger partial charge in [-0.3, -0.25) is 0 Å². The van der Waals surface area contributed by atoms with Crippen molar-refractivity contribution in [3.05, 3.63) is 69.7 Å². The van der Waals surface area contributed by atoms with Crippen LogP contribution in [0, 0.1) is 0 Å². The zero-order chi connectivity index (χ0) is 21.1. The quantitative estimate of drug-likeness (QED) is 0.561. The van der Waals surface area contributed by atoms with Crippen LogP contribution >= 0.6 is 34.8 Å². The largest absolute Gasteiger partial charge is 0.352 e. The molecule has 30 heavy (non-hydrogen) atoms. The Morgan fingerprint density at radius 1 is 0.867 bits per heavy atom. The molecule has 1 saturated heterocycles. The van der Waals surface area contributed by atoms with Crippen LogP contribution in [0.25, 0.3) is 11.3 Å². The maximum atomic E-state index is 12.5. The molecule has 0 aliphatic carbocycles. The molecular formula is C21H18Cl3N5O. The van der Waals surface area contributed by atoms with E-state index in [-0.39, 0.29) is 6.03 Å². The van der Waals surface area contributed by atoms with Crippen LogP contribution in [0.4, 0.5) is 16.3 Å². The Bertz CT molecular complexity index is 1050. The van der Waals surface area contributed by atoms with Gasteiger partial charge in [-0.15, -0.1) is 10.2 Å². The van der Waals surface area contributed by atoms with Gasteiger partial charge in [-0.1, -0.05) is 40.9 Å². The van der Waals surface area contributed by atoms with E-state index in [1.54, 1.807) is 35.2 Å². The van der Waals surface area contributed by atoms with E-state index in [2.05, 4.69) is 20.4 Å². The van der Waals surface area contributed by atoms with Gasteiger partial charge in [0.05, 0.1) is 10.7 Å². The Hall–Kier alpha value is -2.54. The van der Waals surface area contributed by atoms with E-state index in [0.717, 1.165) is 11.4 Å². The Morgan fingerprint density at radius 2 is 1.63 bits per heavy atom. The molecule has 6 nitrogen and oxygen atoms in total. The lowest BCUT2D eigenvalue weighted by Crippen LogP contribution is -2.50. The third kappa shape index (κ3) is 4.78. The number of urea groups is 1. The number of rotatable bonds is 3. The summed E-state index contributed by atoms with van der Waals surface area (Å²) in [5, 5.41) is 13.2. The van der Waals surface area contributed by atoms with E-state index >= 15 is 0 Å². The van der Waals surface area contributed by atoms with E-state index < -0.39 is 0 Å². The molecule has 1 aliphatic rings. The number of benzene rings is 2. The molecule has 154 valence electrons. The summed E-state index contributed by atoms with van der Waals surface area (Å²) in [6, 6.07) is 16.0. The zero-order valence-electron chi connectivity index (χ0n) is 15.9. The predicted octanol–water partition coefficient (Wildman–Crippen LogP) is 5.46. The van der Waals surface area contributed by atoms with Crippen LogP contribution in [-0.2, 0) is 0 Å². The molecule has 1 aliphatic heterocycles. The molecule has 0 atom stereocenters. The van der Waals surface area contributed by atoms with Gasteiger partial charge in [0.15, 0.2) is 5.82 Å². The number of hydrogen-bond acceptors (Lipinski definition) is 4. The highest BCUT2D eigenvalue weighted by Gasteiger charge is 2.22. The molecule has 4 rings (SSSR count). The first-order valence-electron chi connectivity index (χ1n) is 9.35. The van der Waals surface area contributed by atoms with Crippen molar-refractivity contribution in [2.75, 3.05) is 36.4 Å². The van der Waals surface area contributed by atoms with Crippen LogP contribution in [0.1, 0.15) is 0 Å². The lowest BCUT2D eigenvalue weighted by atomic mass is 10.1. The molecule has 0 bridgehead atoms. The predicted molar refractivity (Wildman–Crippen MR) is 122 cm³/mol. The summed E-state index contributed by atoms with van der Waals surface area (Å²) >= 11 is 18.2. The van der Waals surface area contributed by atoms with Gasteiger partial charge in [0.1, 0.15) is 0 Å². The van der Waals surface area contributed by atoms with E-state index in [4.69, 9.17) is 34.8 Å². The van der Waals surface area contributed by atoms with Crippen LogP contribution in [0.3, 0.4) is 0 Å². The van der Waals surface area contributed by atoms with Gasteiger partial charge in [0.2, 0.25) is 0 Å². The highest BCUT2D eigenvalue weighted by molar-refractivity contribution is 6.36. The van der Waals surface area contributed by atoms with E-state index in [9.17, 15) is 4.79 Å². The maximum absolute atomic E-state index is 12.5. The Labute approximate surface area is 189 Å². The summed E-state index contributed by atoms with van der Waals surface area (Å²) in [4.78, 5) is 16.4. The molecule has 2 amide bonds. The molecule has 1 fully saturated rings. The SMILES string of the molecule is O=C(Nc1cccc(Cl)c1)N1CCN(c2ccc(-c3ccc(Cl)cc3Cl)nn2)CC1. The van der Waals surface area contributed by atoms with Crippen LogP contribution in [0.5, 0.6) is 0 Å². The fourth-order valence-electron chi connectivity index (χ4n) is 3.24. The van der Waals surface area contributed by atoms with Crippen molar-refractivity contribution in [2.24, 2.45) is 0 Å². The molecular weight excluding hydrogens is 445 g/mol. The number of carbonyl (C=O) groups is 1. The lowest BCUT2D eigenvalue weighted by Gasteiger charge is -2.35. The van der Waals surface area contributed by atoms with Gasteiger partial charge in [0.25, 0.3) is 0 Å². The molecule has 1 aromatic heterocycles. The molecule has 0 spiro atoms. The Morgan fingerprint density at radius 3 is 2.30 bits per heavy atom. The molecule has 2 aromatic carbocycles. The minimum atomic E-state index is -0.143. The molecule has 9 heteroatoms. The van der Waals surface area contributed by atoms with E-state index in [0.29, 0.717) is 52.6 Å². The number of amides is 2. The number of nitrogens with zero attached hydrogens (tertiary/aromatic N) is 4. The topological polar surface area (TPSA) is 61.4 Å². The van der Waals surface area contributed by atoms with Crippen molar-refractivity contribution in [1.29, 1.82) is 0 Å². The van der Waals surface area contributed by atoms with Crippen LogP contribution < -0.4 is 10.2 Å². The highest BCUT2D eigenvalue weighted by atomic mass is 35.5. The number of nitrogens with one attached hydrogen (secondary N) is 1. The smallest absolute Gasteiger partial charge is 0.321 e. The molecule has 3 aromatic rings. The molecule has 2 heterocycles. The molecule has 0 saturated carbocycles. The lowest BCUT2D eigenvalue weighted by molar-refractivity contribution is 0.208. The fraction of sp³-hybridized carbons (Fsp3) is 0.190. The Kier molecular flexibility index (Phi) is 6.27. The minimum absolute atomic E-state index is 0.143. The number of anilines is 2. The average Bonchev–Trinajstić information content (AvgIpc) is 2.74. The van der Waals surface area contributed by atoms with Gasteiger partial charge in [-0.2, -0.15) is 0 Å². The molecule has 0 radical (unpaired) electrons. The van der Waals surface area contributed by atoms with Crippen molar-refractivity contribution in [1.82, 2.24) is 15.1 Å². The monoisotopic (exact) mass is 461 g/mol. The van der Waals surface area contributed by atoms with Gasteiger partial charge in [0, 0.05) is 47.5 Å². The van der Waals surface area contributed by atoms with Gasteiger partial charge in [-0.25, -0.2) is 4.79 Å². The summed E-state index contributed by atoms with van der Waals surface area (Å²) in [7, 11) is 0. The number of carbonyl (C=O) groups excluding carboxylic acids is 1. The van der Waals surface area contributed by atoms with Crippen molar-refractivity contribution in [2.45, 2.75) is 0 Å². The number of piperazine rings is 1. The normalized spacial score (nSPS) is 14.0. The number of aromatic nitrogens is 2. The first kappa shape index (κ1) is 20.7.